The van der Waals surface area contributed by atoms with Gasteiger partial charge in [-0.2, -0.15) is 0 Å². The Bertz CT molecular complexity index is 1220. The summed E-state index contributed by atoms with van der Waals surface area (Å²) >= 11 is 3.48. The van der Waals surface area contributed by atoms with Crippen LogP contribution in [0.15, 0.2) is 71.3 Å². The van der Waals surface area contributed by atoms with E-state index >= 15 is 0 Å². The summed E-state index contributed by atoms with van der Waals surface area (Å²) in [6.45, 7) is 1.89. The summed E-state index contributed by atoms with van der Waals surface area (Å²) in [7, 11) is 3.30. The molecule has 5 rings (SSSR count). The molecule has 1 fully saturated rings. The molecule has 3 aromatic rings. The maximum atomic E-state index is 13.5. The second kappa shape index (κ2) is 7.65. The van der Waals surface area contributed by atoms with Gasteiger partial charge in [-0.25, -0.2) is 0 Å². The summed E-state index contributed by atoms with van der Waals surface area (Å²) in [5.41, 5.74) is -0.839. The van der Waals surface area contributed by atoms with Crippen molar-refractivity contribution in [2.45, 2.75) is 30.1 Å². The van der Waals surface area contributed by atoms with Crippen molar-refractivity contribution in [3.05, 3.63) is 93.7 Å². The number of pyridine rings is 1. The lowest BCUT2D eigenvalue weighted by atomic mass is 9.71. The molecule has 1 amide bonds. The van der Waals surface area contributed by atoms with Crippen LogP contribution in [-0.4, -0.2) is 46.2 Å². The summed E-state index contributed by atoms with van der Waals surface area (Å²) in [4.78, 5) is 19.4. The zero-order chi connectivity index (χ0) is 23.5. The zero-order valence-corrected chi connectivity index (χ0v) is 20.2. The molecule has 0 unspecified atom stereocenters. The van der Waals surface area contributed by atoms with Crippen molar-refractivity contribution < 1.29 is 19.7 Å². The normalized spacial score (nSPS) is 29.8. The Labute approximate surface area is 201 Å². The van der Waals surface area contributed by atoms with Crippen LogP contribution in [0.4, 0.5) is 0 Å². The van der Waals surface area contributed by atoms with Crippen molar-refractivity contribution in [2.24, 2.45) is 5.92 Å². The van der Waals surface area contributed by atoms with E-state index in [-0.39, 0.29) is 11.6 Å². The monoisotopic (exact) mass is 508 g/mol. The van der Waals surface area contributed by atoms with Crippen LogP contribution in [0.2, 0.25) is 0 Å². The van der Waals surface area contributed by atoms with Crippen molar-refractivity contribution in [1.29, 1.82) is 0 Å². The molecule has 170 valence electrons. The Hall–Kier alpha value is -2.74. The fraction of sp³-hybridized carbons (Fsp3) is 0.308. The van der Waals surface area contributed by atoms with E-state index in [4.69, 9.17) is 4.74 Å². The first-order valence-electron chi connectivity index (χ1n) is 10.8. The van der Waals surface area contributed by atoms with Gasteiger partial charge in [-0.1, -0.05) is 58.4 Å². The van der Waals surface area contributed by atoms with Crippen LogP contribution in [-0.2, 0) is 16.0 Å². The van der Waals surface area contributed by atoms with Crippen LogP contribution in [0.5, 0.6) is 5.75 Å². The van der Waals surface area contributed by atoms with Gasteiger partial charge in [0.1, 0.15) is 17.5 Å². The number of carbonyl (C=O) groups is 1. The Kier molecular flexibility index (Phi) is 5.12. The van der Waals surface area contributed by atoms with E-state index in [0.717, 1.165) is 15.6 Å². The minimum absolute atomic E-state index is 0.249. The van der Waals surface area contributed by atoms with Gasteiger partial charge in [-0.05, 0) is 41.8 Å². The van der Waals surface area contributed by atoms with Crippen molar-refractivity contribution in [2.75, 3.05) is 14.1 Å². The number of aliphatic hydroxyl groups is 2. The average Bonchev–Trinajstić information content (AvgIpc) is 3.17. The minimum Gasteiger partial charge on any atom is -0.476 e. The van der Waals surface area contributed by atoms with Crippen molar-refractivity contribution in [3.8, 4) is 5.75 Å². The van der Waals surface area contributed by atoms with E-state index in [1.165, 1.54) is 4.90 Å². The highest BCUT2D eigenvalue weighted by atomic mass is 79.9. The molecule has 2 heterocycles. The number of amides is 1. The van der Waals surface area contributed by atoms with Gasteiger partial charge in [0.2, 0.25) is 5.91 Å². The zero-order valence-electron chi connectivity index (χ0n) is 18.6. The maximum absolute atomic E-state index is 13.5. The number of hydrogen-bond donors (Lipinski definition) is 2. The van der Waals surface area contributed by atoms with Crippen LogP contribution in [0.1, 0.15) is 28.3 Å². The third-order valence-electron chi connectivity index (χ3n) is 6.91. The molecule has 2 aliphatic rings. The molecule has 1 aliphatic carbocycles. The summed E-state index contributed by atoms with van der Waals surface area (Å²) in [6, 6.07) is 18.7. The highest BCUT2D eigenvalue weighted by Gasteiger charge is 2.78. The molecule has 5 atom stereocenters. The van der Waals surface area contributed by atoms with Gasteiger partial charge in [0.25, 0.3) is 0 Å². The fourth-order valence-corrected chi connectivity index (χ4v) is 5.79. The molecule has 2 N–H and O–H groups in total. The Morgan fingerprint density at radius 3 is 2.42 bits per heavy atom. The van der Waals surface area contributed by atoms with Crippen molar-refractivity contribution in [1.82, 2.24) is 9.88 Å². The van der Waals surface area contributed by atoms with Crippen LogP contribution in [0, 0.1) is 12.8 Å². The first-order chi connectivity index (χ1) is 15.7. The smallest absolute Gasteiger partial charge is 0.228 e. The Morgan fingerprint density at radius 1 is 1.12 bits per heavy atom. The largest absolute Gasteiger partial charge is 0.476 e. The van der Waals surface area contributed by atoms with E-state index in [1.807, 2.05) is 67.6 Å². The molecule has 1 saturated carbocycles. The van der Waals surface area contributed by atoms with E-state index in [0.29, 0.717) is 11.3 Å². The highest BCUT2D eigenvalue weighted by Crippen LogP contribution is 2.68. The molecule has 1 aliphatic heterocycles. The summed E-state index contributed by atoms with van der Waals surface area (Å²) in [5.74, 6) is -1.50. The average molecular weight is 509 g/mol. The first kappa shape index (κ1) is 22.1. The topological polar surface area (TPSA) is 82.9 Å². The molecule has 2 aromatic carbocycles. The highest BCUT2D eigenvalue weighted by molar-refractivity contribution is 9.10. The summed E-state index contributed by atoms with van der Waals surface area (Å²) in [5, 5.41) is 24.2. The molecule has 33 heavy (non-hydrogen) atoms. The van der Waals surface area contributed by atoms with Gasteiger partial charge < -0.3 is 19.8 Å². The third-order valence-corrected chi connectivity index (χ3v) is 7.44. The molecule has 7 heteroatoms. The van der Waals surface area contributed by atoms with Crippen LogP contribution in [0.3, 0.4) is 0 Å². The summed E-state index contributed by atoms with van der Waals surface area (Å²) in [6.07, 6.45) is 0.195. The van der Waals surface area contributed by atoms with Crippen LogP contribution < -0.4 is 4.74 Å². The predicted octanol–water partition coefficient (Wildman–Crippen LogP) is 3.49. The van der Waals surface area contributed by atoms with E-state index in [1.54, 1.807) is 20.3 Å². The van der Waals surface area contributed by atoms with E-state index < -0.39 is 29.1 Å². The molecule has 6 nitrogen and oxygen atoms in total. The number of benzene rings is 2. The van der Waals surface area contributed by atoms with Gasteiger partial charge in [0.15, 0.2) is 11.2 Å². The molecule has 0 spiro atoms. The molecule has 1 aromatic heterocycles. The molecule has 0 saturated heterocycles. The number of fused-ring (bicyclic) bond motifs is 3. The molecular weight excluding hydrogens is 484 g/mol. The van der Waals surface area contributed by atoms with Gasteiger partial charge in [0, 0.05) is 30.7 Å². The molecule has 0 bridgehead atoms. The number of carbonyl (C=O) groups excluding carboxylic acids is 1. The van der Waals surface area contributed by atoms with Gasteiger partial charge in [-0.3, -0.25) is 9.78 Å². The third kappa shape index (κ3) is 2.92. The lowest BCUT2D eigenvalue weighted by molar-refractivity contribution is -0.157. The summed E-state index contributed by atoms with van der Waals surface area (Å²) < 4.78 is 7.53. The minimum atomic E-state index is -1.94. The maximum Gasteiger partial charge on any atom is 0.228 e. The number of aliphatic hydroxyl groups excluding tert-OH is 1. The lowest BCUT2D eigenvalue weighted by Gasteiger charge is -2.40. The quantitative estimate of drug-likeness (QED) is 0.565. The van der Waals surface area contributed by atoms with Crippen LogP contribution >= 0.6 is 15.9 Å². The Morgan fingerprint density at radius 2 is 1.79 bits per heavy atom. The predicted molar refractivity (Wildman–Crippen MR) is 127 cm³/mol. The number of rotatable bonds is 3. The van der Waals surface area contributed by atoms with Crippen molar-refractivity contribution in [3.63, 3.8) is 0 Å². The fourth-order valence-electron chi connectivity index (χ4n) is 5.52. The first-order valence-corrected chi connectivity index (χ1v) is 11.6. The van der Waals surface area contributed by atoms with Crippen LogP contribution in [0.25, 0.3) is 0 Å². The standard InChI is InChI=1S/C26H25BrN2O4/c1-15-13-19-22(28-14-15)25(32)23(30)20(24(31)29(2)3)21(16-7-5-4-6-8-16)26(25,33-19)17-9-11-18(27)12-10-17/h4-14,20-21,23,30,32H,1-3H3/t20-,21-,23-,25+,26+/m1/s1. The number of ether oxygens (including phenoxy) is 1. The van der Waals surface area contributed by atoms with Gasteiger partial charge in [0.05, 0.1) is 5.92 Å². The van der Waals surface area contributed by atoms with E-state index in [9.17, 15) is 15.0 Å². The van der Waals surface area contributed by atoms with Crippen molar-refractivity contribution >= 4 is 21.8 Å². The number of aryl methyl sites for hydroxylation is 1. The van der Waals surface area contributed by atoms with Gasteiger partial charge >= 0.3 is 0 Å². The second-order valence-corrected chi connectivity index (χ2v) is 9.98. The number of halogens is 1. The van der Waals surface area contributed by atoms with E-state index in [2.05, 4.69) is 20.9 Å². The SMILES string of the molecule is Cc1cnc2c(c1)O[C@@]1(c3ccc(Br)cc3)[C@H](c3ccccc3)[C@@H](C(=O)N(C)C)[C@@H](O)[C@@]21O. The number of nitrogens with zero attached hydrogens (tertiary/aromatic N) is 2. The number of hydrogen-bond acceptors (Lipinski definition) is 5. The Balaban J connectivity index is 1.87. The second-order valence-electron chi connectivity index (χ2n) is 9.06. The molecule has 0 radical (unpaired) electrons. The number of aromatic nitrogens is 1. The lowest BCUT2D eigenvalue weighted by Crippen LogP contribution is -2.52. The molecular formula is C26H25BrN2O4. The van der Waals surface area contributed by atoms with Gasteiger partial charge in [-0.15, -0.1) is 0 Å².